The van der Waals surface area contributed by atoms with Crippen LogP contribution in [0.2, 0.25) is 0 Å². The van der Waals surface area contributed by atoms with Crippen molar-refractivity contribution in [2.24, 2.45) is 0 Å². The van der Waals surface area contributed by atoms with Crippen molar-refractivity contribution in [3.63, 3.8) is 0 Å². The number of phenols is 1. The third-order valence-electron chi connectivity index (χ3n) is 2.66. The third kappa shape index (κ3) is 1.45. The first-order valence-electron chi connectivity index (χ1n) is 5.02. The number of phenolic OH excluding ortho intramolecular Hbond substituents is 1. The fourth-order valence-corrected chi connectivity index (χ4v) is 1.98. The molecule has 0 heterocycles. The Bertz CT molecular complexity index is 532. The highest BCUT2D eigenvalue weighted by molar-refractivity contribution is 5.98. The van der Waals surface area contributed by atoms with Gasteiger partial charge in [0.05, 0.1) is 19.6 Å². The predicted octanol–water partition coefficient (Wildman–Crippen LogP) is 2.87. The number of hydrogen-bond donors (Lipinski definition) is 1. The lowest BCUT2D eigenvalue weighted by molar-refractivity contribution is 0.409. The average Bonchev–Trinajstić information content (AvgIpc) is 2.28. The van der Waals surface area contributed by atoms with Crippen molar-refractivity contribution in [2.45, 2.75) is 6.92 Å². The Morgan fingerprint density at radius 1 is 1.12 bits per heavy atom. The maximum atomic E-state index is 9.95. The zero-order valence-electron chi connectivity index (χ0n) is 9.57. The minimum atomic E-state index is 0.214. The molecule has 0 fully saturated rings. The van der Waals surface area contributed by atoms with Crippen molar-refractivity contribution < 1.29 is 14.6 Å². The van der Waals surface area contributed by atoms with Crippen LogP contribution in [0.5, 0.6) is 17.2 Å². The molecule has 2 rings (SSSR count). The first-order valence-corrected chi connectivity index (χ1v) is 5.02. The Labute approximate surface area is 94.2 Å². The molecule has 0 amide bonds. The molecule has 0 saturated heterocycles. The second kappa shape index (κ2) is 3.93. The lowest BCUT2D eigenvalue weighted by Crippen LogP contribution is -1.91. The quantitative estimate of drug-likeness (QED) is 0.842. The summed E-state index contributed by atoms with van der Waals surface area (Å²) in [5.41, 5.74) is 0.903. The van der Waals surface area contributed by atoms with Crippen LogP contribution in [0.3, 0.4) is 0 Å². The van der Waals surface area contributed by atoms with Crippen LogP contribution in [0.25, 0.3) is 10.8 Å². The highest BCUT2D eigenvalue weighted by atomic mass is 16.5. The van der Waals surface area contributed by atoms with E-state index in [4.69, 9.17) is 9.47 Å². The lowest BCUT2D eigenvalue weighted by atomic mass is 10.0. The summed E-state index contributed by atoms with van der Waals surface area (Å²) in [4.78, 5) is 0. The molecule has 0 aliphatic rings. The van der Waals surface area contributed by atoms with Gasteiger partial charge in [0.2, 0.25) is 0 Å². The molecule has 0 aliphatic heterocycles. The predicted molar refractivity (Wildman–Crippen MR) is 63.5 cm³/mol. The van der Waals surface area contributed by atoms with Crippen LogP contribution in [0.4, 0.5) is 0 Å². The summed E-state index contributed by atoms with van der Waals surface area (Å²) >= 11 is 0. The van der Waals surface area contributed by atoms with Gasteiger partial charge in [0.15, 0.2) is 0 Å². The molecule has 2 aromatic carbocycles. The zero-order valence-corrected chi connectivity index (χ0v) is 9.57. The van der Waals surface area contributed by atoms with E-state index in [-0.39, 0.29) is 5.75 Å². The normalized spacial score (nSPS) is 10.4. The number of aryl methyl sites for hydroxylation is 1. The molecule has 0 unspecified atom stereocenters. The van der Waals surface area contributed by atoms with Crippen LogP contribution in [0.15, 0.2) is 24.3 Å². The van der Waals surface area contributed by atoms with Crippen molar-refractivity contribution in [1.82, 2.24) is 0 Å². The number of rotatable bonds is 2. The van der Waals surface area contributed by atoms with E-state index in [2.05, 4.69) is 0 Å². The largest absolute Gasteiger partial charge is 0.507 e. The topological polar surface area (TPSA) is 38.7 Å². The van der Waals surface area contributed by atoms with Gasteiger partial charge in [0.1, 0.15) is 17.2 Å². The first kappa shape index (κ1) is 10.6. The third-order valence-corrected chi connectivity index (χ3v) is 2.66. The van der Waals surface area contributed by atoms with E-state index < -0.39 is 0 Å². The number of methoxy groups -OCH3 is 2. The molecule has 0 bridgehead atoms. The van der Waals surface area contributed by atoms with Crippen LogP contribution in [-0.4, -0.2) is 19.3 Å². The Kier molecular flexibility index (Phi) is 2.60. The van der Waals surface area contributed by atoms with E-state index in [1.165, 1.54) is 0 Å². The molecule has 84 valence electrons. The van der Waals surface area contributed by atoms with E-state index in [0.717, 1.165) is 16.7 Å². The lowest BCUT2D eigenvalue weighted by Gasteiger charge is -2.12. The van der Waals surface area contributed by atoms with Crippen molar-refractivity contribution in [3.05, 3.63) is 29.8 Å². The van der Waals surface area contributed by atoms with Crippen molar-refractivity contribution in [3.8, 4) is 17.2 Å². The Balaban J connectivity index is 2.92. The van der Waals surface area contributed by atoms with Gasteiger partial charge < -0.3 is 14.6 Å². The molecule has 0 spiro atoms. The van der Waals surface area contributed by atoms with Crippen LogP contribution in [-0.2, 0) is 0 Å². The minimum absolute atomic E-state index is 0.214. The van der Waals surface area contributed by atoms with E-state index in [9.17, 15) is 5.11 Å². The van der Waals surface area contributed by atoms with E-state index in [1.54, 1.807) is 20.3 Å². The summed E-state index contributed by atoms with van der Waals surface area (Å²) in [6.45, 7) is 1.90. The highest BCUT2D eigenvalue weighted by Crippen LogP contribution is 2.40. The fraction of sp³-hybridized carbons (Fsp3) is 0.231. The smallest absolute Gasteiger partial charge is 0.130 e. The van der Waals surface area contributed by atoms with Gasteiger partial charge in [-0.05, 0) is 24.6 Å². The molecular weight excluding hydrogens is 204 g/mol. The van der Waals surface area contributed by atoms with Gasteiger partial charge in [0.25, 0.3) is 0 Å². The molecule has 0 saturated carbocycles. The van der Waals surface area contributed by atoms with Gasteiger partial charge in [-0.25, -0.2) is 0 Å². The van der Waals surface area contributed by atoms with Gasteiger partial charge in [-0.1, -0.05) is 12.1 Å². The maximum absolute atomic E-state index is 9.95. The molecule has 2 aromatic rings. The monoisotopic (exact) mass is 218 g/mol. The van der Waals surface area contributed by atoms with E-state index >= 15 is 0 Å². The first-order chi connectivity index (χ1) is 7.69. The van der Waals surface area contributed by atoms with Gasteiger partial charge >= 0.3 is 0 Å². The average molecular weight is 218 g/mol. The van der Waals surface area contributed by atoms with E-state index in [1.807, 2.05) is 25.1 Å². The summed E-state index contributed by atoms with van der Waals surface area (Å²) in [5.74, 6) is 1.63. The van der Waals surface area contributed by atoms with Gasteiger partial charge in [-0.3, -0.25) is 0 Å². The van der Waals surface area contributed by atoms with Gasteiger partial charge in [-0.2, -0.15) is 0 Å². The summed E-state index contributed by atoms with van der Waals surface area (Å²) < 4.78 is 10.6. The molecule has 3 nitrogen and oxygen atoms in total. The summed E-state index contributed by atoms with van der Waals surface area (Å²) in [6.07, 6.45) is 0. The Morgan fingerprint density at radius 3 is 2.50 bits per heavy atom. The van der Waals surface area contributed by atoms with Crippen LogP contribution >= 0.6 is 0 Å². The molecular formula is C13H14O3. The van der Waals surface area contributed by atoms with Crippen LogP contribution in [0.1, 0.15) is 5.56 Å². The highest BCUT2D eigenvalue weighted by Gasteiger charge is 2.13. The van der Waals surface area contributed by atoms with Crippen LogP contribution in [0, 0.1) is 6.92 Å². The summed E-state index contributed by atoms with van der Waals surface area (Å²) in [6, 6.07) is 7.28. The molecule has 0 atom stereocenters. The maximum Gasteiger partial charge on any atom is 0.130 e. The number of fused-ring (bicyclic) bond motifs is 1. The summed E-state index contributed by atoms with van der Waals surface area (Å²) in [5, 5.41) is 11.5. The molecule has 0 aliphatic carbocycles. The Morgan fingerprint density at radius 2 is 1.88 bits per heavy atom. The SMILES string of the molecule is COc1c(C)cc(O)c2c(OC)cccc12. The number of hydrogen-bond acceptors (Lipinski definition) is 3. The van der Waals surface area contributed by atoms with Crippen molar-refractivity contribution >= 4 is 10.8 Å². The molecule has 0 aromatic heterocycles. The van der Waals surface area contributed by atoms with Crippen molar-refractivity contribution in [2.75, 3.05) is 14.2 Å². The number of benzene rings is 2. The molecule has 0 radical (unpaired) electrons. The Hall–Kier alpha value is -1.90. The van der Waals surface area contributed by atoms with E-state index in [0.29, 0.717) is 11.1 Å². The second-order valence-corrected chi connectivity index (χ2v) is 3.63. The molecule has 16 heavy (non-hydrogen) atoms. The molecule has 3 heteroatoms. The number of aromatic hydroxyl groups is 1. The zero-order chi connectivity index (χ0) is 11.7. The second-order valence-electron chi connectivity index (χ2n) is 3.63. The minimum Gasteiger partial charge on any atom is -0.507 e. The van der Waals surface area contributed by atoms with Crippen molar-refractivity contribution in [1.29, 1.82) is 0 Å². The number of ether oxygens (including phenoxy) is 2. The van der Waals surface area contributed by atoms with Crippen LogP contribution < -0.4 is 9.47 Å². The fourth-order valence-electron chi connectivity index (χ4n) is 1.98. The van der Waals surface area contributed by atoms with Gasteiger partial charge in [0, 0.05) is 5.39 Å². The summed E-state index contributed by atoms with van der Waals surface area (Å²) in [7, 11) is 3.21. The van der Waals surface area contributed by atoms with Gasteiger partial charge in [-0.15, -0.1) is 0 Å². The molecule has 1 N–H and O–H groups in total. The standard InChI is InChI=1S/C13H14O3/c1-8-7-10(14)12-9(13(8)16-3)5-4-6-11(12)15-2/h4-7,14H,1-3H3.